The van der Waals surface area contributed by atoms with E-state index in [2.05, 4.69) is 5.32 Å². The van der Waals surface area contributed by atoms with Gasteiger partial charge in [0.1, 0.15) is 6.04 Å². The molecule has 0 aliphatic heterocycles. The Balaban J connectivity index is 4.73. The predicted molar refractivity (Wildman–Crippen MR) is 88.7 cm³/mol. The molecular weight excluding hydrogens is 304 g/mol. The van der Waals surface area contributed by atoms with Gasteiger partial charge in [-0.15, -0.1) is 0 Å². The van der Waals surface area contributed by atoms with Crippen LogP contribution >= 0.6 is 11.8 Å². The van der Waals surface area contributed by atoms with E-state index in [0.29, 0.717) is 25.1 Å². The monoisotopic (exact) mass is 332 g/mol. The molecule has 0 saturated carbocycles. The topological polar surface area (TPSA) is 75.7 Å². The van der Waals surface area contributed by atoms with Crippen molar-refractivity contribution < 1.29 is 19.1 Å². The molecule has 0 heterocycles. The third-order valence-electron chi connectivity index (χ3n) is 2.78. The number of nitrogens with one attached hydrogen (secondary N) is 1. The largest absolute Gasteiger partial charge is 0.464 e. The van der Waals surface area contributed by atoms with Gasteiger partial charge >= 0.3 is 5.97 Å². The quantitative estimate of drug-likeness (QED) is 0.484. The highest BCUT2D eigenvalue weighted by Gasteiger charge is 2.28. The van der Waals surface area contributed by atoms with Crippen molar-refractivity contribution in [1.29, 1.82) is 0 Å². The molecule has 1 N–H and O–H groups in total. The number of esters is 1. The number of nitrogens with zero attached hydrogens (tertiary/aromatic N) is 1. The number of ether oxygens (including phenoxy) is 1. The molecule has 0 bridgehead atoms. The molecule has 7 heteroatoms. The van der Waals surface area contributed by atoms with Crippen molar-refractivity contribution in [1.82, 2.24) is 10.2 Å². The predicted octanol–water partition coefficient (Wildman–Crippen LogP) is 1.43. The third kappa shape index (κ3) is 8.92. The van der Waals surface area contributed by atoms with Gasteiger partial charge in [0.25, 0.3) is 0 Å². The fraction of sp³-hybridized carbons (Fsp3) is 0.800. The summed E-state index contributed by atoms with van der Waals surface area (Å²) in [5.74, 6) is -0.0289. The first-order valence-corrected chi connectivity index (χ1v) is 8.52. The van der Waals surface area contributed by atoms with E-state index in [0.717, 1.165) is 0 Å². The van der Waals surface area contributed by atoms with Crippen LogP contribution < -0.4 is 5.32 Å². The van der Waals surface area contributed by atoms with Crippen LogP contribution in [0.3, 0.4) is 0 Å². The minimum Gasteiger partial charge on any atom is -0.464 e. The molecule has 2 amide bonds. The Morgan fingerprint density at radius 1 is 1.32 bits per heavy atom. The number of carbonyl (C=O) groups is 3. The molecule has 0 saturated heterocycles. The Morgan fingerprint density at radius 2 is 1.95 bits per heavy atom. The second kappa shape index (κ2) is 10.5. The molecule has 1 unspecified atom stereocenters. The molecule has 0 spiro atoms. The molecule has 0 aromatic rings. The van der Waals surface area contributed by atoms with Crippen molar-refractivity contribution in [2.75, 3.05) is 25.4 Å². The molecule has 0 aromatic carbocycles. The first-order valence-electron chi connectivity index (χ1n) is 7.53. The lowest BCUT2D eigenvalue weighted by atomic mass is 10.2. The zero-order chi connectivity index (χ0) is 17.2. The van der Waals surface area contributed by atoms with Crippen LogP contribution in [0, 0.1) is 0 Å². The fourth-order valence-electron chi connectivity index (χ4n) is 1.60. The smallest absolute Gasteiger partial charge is 0.329 e. The Labute approximate surface area is 137 Å². The van der Waals surface area contributed by atoms with Gasteiger partial charge in [-0.3, -0.25) is 9.59 Å². The number of hydrogen-bond donors (Lipinski definition) is 1. The van der Waals surface area contributed by atoms with Gasteiger partial charge in [0.05, 0.1) is 6.61 Å². The van der Waals surface area contributed by atoms with Gasteiger partial charge in [-0.1, -0.05) is 27.7 Å². The Hall–Kier alpha value is -1.24. The third-order valence-corrected chi connectivity index (χ3v) is 4.13. The number of thioether (sulfide) groups is 1. The summed E-state index contributed by atoms with van der Waals surface area (Å²) in [6, 6.07) is -0.639. The summed E-state index contributed by atoms with van der Waals surface area (Å²) >= 11 is 1.60. The van der Waals surface area contributed by atoms with Crippen molar-refractivity contribution in [2.45, 2.75) is 51.8 Å². The zero-order valence-corrected chi connectivity index (χ0v) is 15.0. The molecule has 0 fully saturated rings. The summed E-state index contributed by atoms with van der Waals surface area (Å²) in [4.78, 5) is 36.0. The maximum atomic E-state index is 12.1. The molecule has 1 atom stereocenters. The average molecular weight is 332 g/mol. The van der Waals surface area contributed by atoms with Crippen molar-refractivity contribution in [3.05, 3.63) is 0 Å². The van der Waals surface area contributed by atoms with E-state index < -0.39 is 12.0 Å². The number of hydrogen-bond acceptors (Lipinski definition) is 5. The zero-order valence-electron chi connectivity index (χ0n) is 14.2. The Bertz CT molecular complexity index is 369. The summed E-state index contributed by atoms with van der Waals surface area (Å²) in [5, 5.41) is 2.70. The van der Waals surface area contributed by atoms with Crippen LogP contribution in [0.2, 0.25) is 0 Å². The van der Waals surface area contributed by atoms with Crippen LogP contribution in [0.4, 0.5) is 0 Å². The van der Waals surface area contributed by atoms with Crippen LogP contribution in [0.15, 0.2) is 0 Å². The van der Waals surface area contributed by atoms with E-state index >= 15 is 0 Å². The second-order valence-electron chi connectivity index (χ2n) is 5.74. The number of rotatable bonds is 10. The normalized spacial score (nSPS) is 12.4. The van der Waals surface area contributed by atoms with Gasteiger partial charge in [0.2, 0.25) is 12.3 Å². The molecule has 22 heavy (non-hydrogen) atoms. The summed E-state index contributed by atoms with van der Waals surface area (Å²) in [7, 11) is 0. The molecule has 0 aliphatic carbocycles. The van der Waals surface area contributed by atoms with Crippen LogP contribution in [-0.2, 0) is 19.1 Å². The highest BCUT2D eigenvalue weighted by Crippen LogP contribution is 2.25. The summed E-state index contributed by atoms with van der Waals surface area (Å²) < 4.78 is 5.04. The minimum absolute atomic E-state index is 0.0181. The molecule has 0 aromatic heterocycles. The van der Waals surface area contributed by atoms with Gasteiger partial charge in [-0.2, -0.15) is 11.8 Å². The molecule has 128 valence electrons. The molecule has 0 rings (SSSR count). The lowest BCUT2D eigenvalue weighted by Crippen LogP contribution is -2.47. The van der Waals surface area contributed by atoms with E-state index in [4.69, 9.17) is 4.74 Å². The maximum Gasteiger partial charge on any atom is 0.329 e. The highest BCUT2D eigenvalue weighted by molar-refractivity contribution is 8.00. The van der Waals surface area contributed by atoms with E-state index in [1.165, 1.54) is 4.90 Å². The van der Waals surface area contributed by atoms with Crippen LogP contribution in [0.1, 0.15) is 41.0 Å². The Morgan fingerprint density at radius 3 is 2.41 bits per heavy atom. The number of carbonyl (C=O) groups excluding carboxylic acids is 3. The standard InChI is InChI=1S/C15H28N2O4S/c1-6-13(19)16-8-9-17(11-18)12(14(20)21-7-2)10-22-15(3,4)5/h11-12H,6-10H2,1-5H3,(H,16,19). The van der Waals surface area contributed by atoms with Crippen LogP contribution in [0.25, 0.3) is 0 Å². The highest BCUT2D eigenvalue weighted by atomic mass is 32.2. The lowest BCUT2D eigenvalue weighted by molar-refractivity contribution is -0.150. The van der Waals surface area contributed by atoms with Gasteiger partial charge < -0.3 is 15.0 Å². The van der Waals surface area contributed by atoms with Crippen LogP contribution in [0.5, 0.6) is 0 Å². The summed E-state index contributed by atoms with van der Waals surface area (Å²) in [6.45, 7) is 10.5. The summed E-state index contributed by atoms with van der Waals surface area (Å²) in [6.07, 6.45) is 1.03. The fourth-order valence-corrected chi connectivity index (χ4v) is 2.58. The van der Waals surface area contributed by atoms with Crippen molar-refractivity contribution in [3.63, 3.8) is 0 Å². The van der Waals surface area contributed by atoms with E-state index in [1.54, 1.807) is 25.6 Å². The van der Waals surface area contributed by atoms with Crippen molar-refractivity contribution in [2.24, 2.45) is 0 Å². The van der Waals surface area contributed by atoms with Gasteiger partial charge in [0.15, 0.2) is 0 Å². The second-order valence-corrected chi connectivity index (χ2v) is 7.58. The average Bonchev–Trinajstić information content (AvgIpc) is 2.44. The minimum atomic E-state index is -0.639. The maximum absolute atomic E-state index is 12.1. The van der Waals surface area contributed by atoms with E-state index in [9.17, 15) is 14.4 Å². The first kappa shape index (κ1) is 20.8. The SMILES string of the molecule is CCOC(=O)C(CSC(C)(C)C)N(C=O)CCNC(=O)CC. The molecule has 6 nitrogen and oxygen atoms in total. The van der Waals surface area contributed by atoms with Crippen LogP contribution in [-0.4, -0.2) is 59.4 Å². The molecular formula is C15H28N2O4S. The molecule has 0 aliphatic rings. The van der Waals surface area contributed by atoms with Crippen molar-refractivity contribution >= 4 is 30.0 Å². The van der Waals surface area contributed by atoms with Gasteiger partial charge in [-0.25, -0.2) is 4.79 Å². The van der Waals surface area contributed by atoms with E-state index in [1.807, 2.05) is 20.8 Å². The van der Waals surface area contributed by atoms with Gasteiger partial charge in [-0.05, 0) is 6.92 Å². The number of amides is 2. The van der Waals surface area contributed by atoms with Gasteiger partial charge in [0, 0.05) is 30.0 Å². The lowest BCUT2D eigenvalue weighted by Gasteiger charge is -2.29. The summed E-state index contributed by atoms with van der Waals surface area (Å²) in [5.41, 5.74) is 0. The Kier molecular flexibility index (Phi) is 9.89. The first-order chi connectivity index (χ1) is 10.2. The molecule has 0 radical (unpaired) electrons. The van der Waals surface area contributed by atoms with E-state index in [-0.39, 0.29) is 23.8 Å². The van der Waals surface area contributed by atoms with Crippen molar-refractivity contribution in [3.8, 4) is 0 Å².